The molecule has 0 bridgehead atoms. The number of amides is 2. The summed E-state index contributed by atoms with van der Waals surface area (Å²) in [5.74, 6) is -1.84. The number of nitrogens with two attached hydrogens (primary N) is 1. The number of nitro benzene ring substituents is 1. The van der Waals surface area contributed by atoms with Gasteiger partial charge in [0.2, 0.25) is 0 Å². The molecule has 1 aliphatic rings. The van der Waals surface area contributed by atoms with Crippen LogP contribution in [0.3, 0.4) is 0 Å². The number of rotatable bonds is 6. The molecule has 160 valence electrons. The van der Waals surface area contributed by atoms with Crippen molar-refractivity contribution in [2.75, 3.05) is 18.1 Å². The van der Waals surface area contributed by atoms with Gasteiger partial charge in [0, 0.05) is 12.1 Å². The number of esters is 1. The Bertz CT molecular complexity index is 1090. The molecule has 11 heteroatoms. The third-order valence-corrected chi connectivity index (χ3v) is 4.63. The molecule has 1 unspecified atom stereocenters. The van der Waals surface area contributed by atoms with Crippen LogP contribution in [0.4, 0.5) is 11.4 Å². The predicted octanol–water partition coefficient (Wildman–Crippen LogP) is 2.08. The maximum atomic E-state index is 12.6. The molecule has 2 amide bonds. The van der Waals surface area contributed by atoms with Crippen molar-refractivity contribution < 1.29 is 28.8 Å². The van der Waals surface area contributed by atoms with E-state index in [9.17, 15) is 24.5 Å². The van der Waals surface area contributed by atoms with Gasteiger partial charge in [-0.3, -0.25) is 19.7 Å². The molecule has 1 heterocycles. The van der Waals surface area contributed by atoms with Crippen LogP contribution >= 0.6 is 11.6 Å². The largest absolute Gasteiger partial charge is 0.477 e. The summed E-state index contributed by atoms with van der Waals surface area (Å²) in [6.07, 6.45) is 1.29. The molecule has 0 saturated carbocycles. The van der Waals surface area contributed by atoms with Gasteiger partial charge in [-0.2, -0.15) is 0 Å². The van der Waals surface area contributed by atoms with Gasteiger partial charge >= 0.3 is 5.97 Å². The van der Waals surface area contributed by atoms with Crippen molar-refractivity contribution in [2.24, 2.45) is 5.73 Å². The Morgan fingerprint density at radius 2 is 2.03 bits per heavy atom. The molecule has 0 aromatic heterocycles. The van der Waals surface area contributed by atoms with Gasteiger partial charge in [0.05, 0.1) is 17.2 Å². The minimum absolute atomic E-state index is 0.0321. The Balaban J connectivity index is 1.64. The van der Waals surface area contributed by atoms with Gasteiger partial charge in [0.15, 0.2) is 12.7 Å². The lowest BCUT2D eigenvalue weighted by atomic mass is 10.2. The third-order valence-electron chi connectivity index (χ3n) is 4.31. The average Bonchev–Trinajstić information content (AvgIpc) is 2.75. The van der Waals surface area contributed by atoms with Crippen molar-refractivity contribution in [1.82, 2.24) is 0 Å². The van der Waals surface area contributed by atoms with Crippen molar-refractivity contribution in [3.63, 3.8) is 0 Å². The van der Waals surface area contributed by atoms with Crippen LogP contribution in [0.1, 0.15) is 5.56 Å². The predicted molar refractivity (Wildman–Crippen MR) is 111 cm³/mol. The number of carbonyl (C=O) groups is 3. The molecule has 0 radical (unpaired) electrons. The molecule has 0 spiro atoms. The monoisotopic (exact) mass is 445 g/mol. The lowest BCUT2D eigenvalue weighted by Gasteiger charge is -2.33. The molecule has 0 fully saturated rings. The SMILES string of the molecule is NC(=O)C1CN(C(=O)COC(=O)C=Cc2ccc(Cl)c([N+](=O)[O-])c2)c2ccccc2O1. The number of nitrogens with zero attached hydrogens (tertiary/aromatic N) is 2. The van der Waals surface area contributed by atoms with Crippen molar-refractivity contribution in [3.05, 3.63) is 69.2 Å². The van der Waals surface area contributed by atoms with E-state index in [1.54, 1.807) is 24.3 Å². The van der Waals surface area contributed by atoms with Crippen LogP contribution in [-0.2, 0) is 19.1 Å². The van der Waals surface area contributed by atoms with Crippen molar-refractivity contribution in [2.45, 2.75) is 6.10 Å². The van der Waals surface area contributed by atoms with Crippen molar-refractivity contribution in [1.29, 1.82) is 0 Å². The summed E-state index contributed by atoms with van der Waals surface area (Å²) in [7, 11) is 0. The van der Waals surface area contributed by atoms with Gasteiger partial charge in [0.1, 0.15) is 10.8 Å². The summed E-state index contributed by atoms with van der Waals surface area (Å²) in [6.45, 7) is -0.712. The van der Waals surface area contributed by atoms with Crippen LogP contribution in [0.25, 0.3) is 6.08 Å². The lowest BCUT2D eigenvalue weighted by Crippen LogP contribution is -2.50. The lowest BCUT2D eigenvalue weighted by molar-refractivity contribution is -0.384. The number of benzene rings is 2. The third kappa shape index (κ3) is 5.17. The summed E-state index contributed by atoms with van der Waals surface area (Å²) in [6, 6.07) is 10.6. The standard InChI is InChI=1S/C20H16ClN3O7/c21-13-7-5-12(9-15(13)24(28)29)6-8-19(26)30-11-18(25)23-10-17(20(22)27)31-16-4-2-1-3-14(16)23/h1-9,17H,10-11H2,(H2,22,27). The zero-order valence-electron chi connectivity index (χ0n) is 15.9. The molecule has 31 heavy (non-hydrogen) atoms. The number of para-hydroxylation sites is 2. The number of ether oxygens (including phenoxy) is 2. The molecule has 2 aromatic carbocycles. The number of nitro groups is 1. The van der Waals surface area contributed by atoms with Gasteiger partial charge < -0.3 is 20.1 Å². The fourth-order valence-corrected chi connectivity index (χ4v) is 3.00. The second-order valence-corrected chi connectivity index (χ2v) is 6.80. The number of anilines is 1. The second kappa shape index (κ2) is 9.26. The Hall–Kier alpha value is -3.92. The second-order valence-electron chi connectivity index (χ2n) is 6.39. The number of primary amides is 1. The maximum Gasteiger partial charge on any atom is 0.331 e. The number of halogens is 1. The van der Waals surface area contributed by atoms with Gasteiger partial charge in [-0.1, -0.05) is 29.8 Å². The molecule has 1 aliphatic heterocycles. The van der Waals surface area contributed by atoms with Gasteiger partial charge in [-0.25, -0.2) is 4.79 Å². The van der Waals surface area contributed by atoms with Crippen molar-refractivity contribution in [3.8, 4) is 5.75 Å². The highest BCUT2D eigenvalue weighted by Gasteiger charge is 2.32. The van der Waals surface area contributed by atoms with E-state index >= 15 is 0 Å². The van der Waals surface area contributed by atoms with E-state index in [1.165, 1.54) is 29.2 Å². The molecule has 0 saturated heterocycles. The van der Waals surface area contributed by atoms with Gasteiger partial charge in [-0.15, -0.1) is 0 Å². The van der Waals surface area contributed by atoms with E-state index < -0.39 is 35.4 Å². The normalized spacial score (nSPS) is 15.1. The first kappa shape index (κ1) is 21.8. The fraction of sp³-hybridized carbons (Fsp3) is 0.150. The highest BCUT2D eigenvalue weighted by Crippen LogP contribution is 2.33. The first-order valence-electron chi connectivity index (χ1n) is 8.90. The fourth-order valence-electron chi connectivity index (χ4n) is 2.82. The summed E-state index contributed by atoms with van der Waals surface area (Å²) >= 11 is 5.74. The zero-order chi connectivity index (χ0) is 22.5. The summed E-state index contributed by atoms with van der Waals surface area (Å²) in [5.41, 5.74) is 5.77. The first-order valence-corrected chi connectivity index (χ1v) is 9.28. The Labute approximate surface area is 180 Å². The number of fused-ring (bicyclic) bond motifs is 1. The number of carbonyl (C=O) groups excluding carboxylic acids is 3. The number of hydrogen-bond acceptors (Lipinski definition) is 7. The Morgan fingerprint density at radius 3 is 2.74 bits per heavy atom. The van der Waals surface area contributed by atoms with Crippen LogP contribution in [-0.4, -0.2) is 42.0 Å². The van der Waals surface area contributed by atoms with E-state index in [-0.39, 0.29) is 17.3 Å². The van der Waals surface area contributed by atoms with Crippen molar-refractivity contribution >= 4 is 46.8 Å². The summed E-state index contributed by atoms with van der Waals surface area (Å²) in [5, 5.41) is 10.9. The van der Waals surface area contributed by atoms with Gasteiger partial charge in [-0.05, 0) is 29.8 Å². The van der Waals surface area contributed by atoms with Crippen LogP contribution in [0.5, 0.6) is 5.75 Å². The van der Waals surface area contributed by atoms with Crippen LogP contribution < -0.4 is 15.4 Å². The van der Waals surface area contributed by atoms with Gasteiger partial charge in [0.25, 0.3) is 17.5 Å². The summed E-state index contributed by atoms with van der Waals surface area (Å²) < 4.78 is 10.4. The van der Waals surface area contributed by atoms with E-state index in [2.05, 4.69) is 0 Å². The molecular formula is C20H16ClN3O7. The minimum atomic E-state index is -1.03. The Kier molecular flexibility index (Phi) is 6.51. The zero-order valence-corrected chi connectivity index (χ0v) is 16.7. The molecule has 2 aromatic rings. The van der Waals surface area contributed by atoms with E-state index in [0.717, 1.165) is 6.08 Å². The van der Waals surface area contributed by atoms with E-state index in [1.807, 2.05) is 0 Å². The highest BCUT2D eigenvalue weighted by molar-refractivity contribution is 6.32. The smallest absolute Gasteiger partial charge is 0.331 e. The topological polar surface area (TPSA) is 142 Å². The van der Waals surface area contributed by atoms with Crippen LogP contribution in [0.2, 0.25) is 5.02 Å². The summed E-state index contributed by atoms with van der Waals surface area (Å²) in [4.78, 5) is 47.6. The molecule has 3 rings (SSSR count). The van der Waals surface area contributed by atoms with Crippen LogP contribution in [0.15, 0.2) is 48.5 Å². The molecular weight excluding hydrogens is 430 g/mol. The highest BCUT2D eigenvalue weighted by atomic mass is 35.5. The van der Waals surface area contributed by atoms with E-state index in [0.29, 0.717) is 17.0 Å². The molecule has 10 nitrogen and oxygen atoms in total. The number of hydrogen-bond donors (Lipinski definition) is 1. The maximum absolute atomic E-state index is 12.6. The van der Waals surface area contributed by atoms with Crippen LogP contribution in [0, 0.1) is 10.1 Å². The average molecular weight is 446 g/mol. The quantitative estimate of drug-likeness (QED) is 0.310. The Morgan fingerprint density at radius 1 is 1.29 bits per heavy atom. The minimum Gasteiger partial charge on any atom is -0.477 e. The van der Waals surface area contributed by atoms with E-state index in [4.69, 9.17) is 26.8 Å². The molecule has 2 N–H and O–H groups in total. The molecule has 0 aliphatic carbocycles. The first-order chi connectivity index (χ1) is 14.8. The molecule has 1 atom stereocenters.